The normalized spacial score (nSPS) is 13.6. The number of ether oxygens (including phenoxy) is 1. The van der Waals surface area contributed by atoms with Gasteiger partial charge in [0.05, 0.1) is 11.5 Å². The summed E-state index contributed by atoms with van der Waals surface area (Å²) < 4.78 is 5.38. The quantitative estimate of drug-likeness (QED) is 0.583. The van der Waals surface area contributed by atoms with E-state index in [0.717, 1.165) is 0 Å². The number of para-hydroxylation sites is 1. The minimum atomic E-state index is -1.13. The third-order valence-corrected chi connectivity index (χ3v) is 3.27. The SMILES string of the molecule is CNC(C)(CCOc1cccc(C)c1[N+](=O)[O-])C(=O)O. The van der Waals surface area contributed by atoms with Crippen LogP contribution in [0.2, 0.25) is 0 Å². The van der Waals surface area contributed by atoms with Crippen LogP contribution in [0.1, 0.15) is 18.9 Å². The van der Waals surface area contributed by atoms with Crippen LogP contribution in [0.3, 0.4) is 0 Å². The molecular weight excluding hydrogens is 264 g/mol. The fourth-order valence-corrected chi connectivity index (χ4v) is 1.69. The molecule has 7 heteroatoms. The molecule has 110 valence electrons. The molecule has 20 heavy (non-hydrogen) atoms. The van der Waals surface area contributed by atoms with Gasteiger partial charge in [0, 0.05) is 12.0 Å². The Morgan fingerprint density at radius 2 is 2.20 bits per heavy atom. The Kier molecular flexibility index (Phi) is 5.04. The zero-order valence-electron chi connectivity index (χ0n) is 11.7. The Labute approximate surface area is 116 Å². The molecule has 0 spiro atoms. The van der Waals surface area contributed by atoms with Crippen molar-refractivity contribution in [3.8, 4) is 5.75 Å². The number of hydrogen-bond acceptors (Lipinski definition) is 5. The maximum atomic E-state index is 11.1. The van der Waals surface area contributed by atoms with Gasteiger partial charge in [-0.05, 0) is 27.0 Å². The highest BCUT2D eigenvalue weighted by Crippen LogP contribution is 2.30. The minimum Gasteiger partial charge on any atom is -0.487 e. The molecule has 1 unspecified atom stereocenters. The van der Waals surface area contributed by atoms with E-state index in [1.165, 1.54) is 13.0 Å². The summed E-state index contributed by atoms with van der Waals surface area (Å²) in [6, 6.07) is 4.79. The number of benzene rings is 1. The van der Waals surface area contributed by atoms with Crippen LogP contribution >= 0.6 is 0 Å². The molecule has 7 nitrogen and oxygen atoms in total. The van der Waals surface area contributed by atoms with Gasteiger partial charge in [0.15, 0.2) is 5.75 Å². The molecule has 0 amide bonds. The van der Waals surface area contributed by atoms with E-state index in [1.807, 2.05) is 0 Å². The van der Waals surface area contributed by atoms with Crippen molar-refractivity contribution in [1.29, 1.82) is 0 Å². The number of nitrogens with zero attached hydrogens (tertiary/aromatic N) is 1. The van der Waals surface area contributed by atoms with E-state index < -0.39 is 16.4 Å². The van der Waals surface area contributed by atoms with E-state index in [4.69, 9.17) is 9.84 Å². The van der Waals surface area contributed by atoms with Gasteiger partial charge in [0.25, 0.3) is 0 Å². The standard InChI is InChI=1S/C13H18N2O5/c1-9-5-4-6-10(11(9)15(18)19)20-8-7-13(2,14-3)12(16)17/h4-6,14H,7-8H2,1-3H3,(H,16,17). The molecule has 0 aliphatic carbocycles. The van der Waals surface area contributed by atoms with Crippen LogP contribution in [-0.4, -0.2) is 35.2 Å². The Morgan fingerprint density at radius 3 is 2.70 bits per heavy atom. The first-order valence-corrected chi connectivity index (χ1v) is 6.11. The fraction of sp³-hybridized carbons (Fsp3) is 0.462. The van der Waals surface area contributed by atoms with Crippen LogP contribution in [0.25, 0.3) is 0 Å². The predicted molar refractivity (Wildman–Crippen MR) is 73.0 cm³/mol. The topological polar surface area (TPSA) is 102 Å². The number of nitro benzene ring substituents is 1. The molecule has 1 aromatic rings. The summed E-state index contributed by atoms with van der Waals surface area (Å²) >= 11 is 0. The summed E-state index contributed by atoms with van der Waals surface area (Å²) in [5, 5.41) is 22.8. The third-order valence-electron chi connectivity index (χ3n) is 3.27. The van der Waals surface area contributed by atoms with Crippen LogP contribution in [0.5, 0.6) is 5.75 Å². The van der Waals surface area contributed by atoms with Crippen molar-refractivity contribution in [2.45, 2.75) is 25.8 Å². The maximum absolute atomic E-state index is 11.1. The monoisotopic (exact) mass is 282 g/mol. The number of likely N-dealkylation sites (N-methyl/N-ethyl adjacent to an activating group) is 1. The Balaban J connectivity index is 2.79. The van der Waals surface area contributed by atoms with Gasteiger partial charge in [0.1, 0.15) is 5.54 Å². The number of carboxylic acid groups (broad SMARTS) is 1. The largest absolute Gasteiger partial charge is 0.487 e. The van der Waals surface area contributed by atoms with E-state index in [1.54, 1.807) is 26.1 Å². The van der Waals surface area contributed by atoms with E-state index in [-0.39, 0.29) is 24.5 Å². The molecule has 1 atom stereocenters. The summed E-state index contributed by atoms with van der Waals surface area (Å²) in [5.41, 5.74) is -0.713. The summed E-state index contributed by atoms with van der Waals surface area (Å²) in [5.74, 6) is -0.846. The average Bonchev–Trinajstić information content (AvgIpc) is 2.37. The Morgan fingerprint density at radius 1 is 1.55 bits per heavy atom. The lowest BCUT2D eigenvalue weighted by Gasteiger charge is -2.23. The zero-order valence-corrected chi connectivity index (χ0v) is 11.7. The van der Waals surface area contributed by atoms with Crippen molar-refractivity contribution in [2.75, 3.05) is 13.7 Å². The molecule has 1 aromatic carbocycles. The van der Waals surface area contributed by atoms with Gasteiger partial charge < -0.3 is 15.2 Å². The summed E-state index contributed by atoms with van der Waals surface area (Å²) in [4.78, 5) is 21.6. The fourth-order valence-electron chi connectivity index (χ4n) is 1.69. The number of aliphatic carboxylic acids is 1. The smallest absolute Gasteiger partial charge is 0.323 e. The van der Waals surface area contributed by atoms with Crippen LogP contribution in [0.15, 0.2) is 18.2 Å². The lowest BCUT2D eigenvalue weighted by molar-refractivity contribution is -0.386. The first-order valence-electron chi connectivity index (χ1n) is 6.11. The lowest BCUT2D eigenvalue weighted by atomic mass is 9.99. The first kappa shape index (κ1) is 15.9. The van der Waals surface area contributed by atoms with Gasteiger partial charge in [0.2, 0.25) is 0 Å². The van der Waals surface area contributed by atoms with E-state index in [0.29, 0.717) is 5.56 Å². The minimum absolute atomic E-state index is 0.0634. The average molecular weight is 282 g/mol. The summed E-state index contributed by atoms with van der Waals surface area (Å²) in [7, 11) is 1.54. The molecule has 0 aliphatic heterocycles. The highest BCUT2D eigenvalue weighted by atomic mass is 16.6. The Hall–Kier alpha value is -2.15. The second-order valence-electron chi connectivity index (χ2n) is 4.66. The lowest BCUT2D eigenvalue weighted by Crippen LogP contribution is -2.48. The Bertz CT molecular complexity index is 517. The van der Waals surface area contributed by atoms with E-state index in [2.05, 4.69) is 5.32 Å². The van der Waals surface area contributed by atoms with Gasteiger partial charge >= 0.3 is 11.7 Å². The van der Waals surface area contributed by atoms with E-state index >= 15 is 0 Å². The van der Waals surface area contributed by atoms with Crippen LogP contribution in [-0.2, 0) is 4.79 Å². The number of rotatable bonds is 7. The zero-order chi connectivity index (χ0) is 15.3. The van der Waals surface area contributed by atoms with Gasteiger partial charge in [-0.1, -0.05) is 12.1 Å². The molecule has 0 saturated carbocycles. The van der Waals surface area contributed by atoms with Crippen molar-refractivity contribution in [3.63, 3.8) is 0 Å². The molecule has 0 aliphatic rings. The van der Waals surface area contributed by atoms with Crippen LogP contribution in [0.4, 0.5) is 5.69 Å². The van der Waals surface area contributed by atoms with Crippen molar-refractivity contribution in [1.82, 2.24) is 5.32 Å². The second kappa shape index (κ2) is 6.33. The molecule has 1 rings (SSSR count). The van der Waals surface area contributed by atoms with Crippen molar-refractivity contribution < 1.29 is 19.6 Å². The number of nitro groups is 1. The van der Waals surface area contributed by atoms with Gasteiger partial charge in [-0.3, -0.25) is 14.9 Å². The van der Waals surface area contributed by atoms with Crippen LogP contribution in [0, 0.1) is 17.0 Å². The number of hydrogen-bond donors (Lipinski definition) is 2. The van der Waals surface area contributed by atoms with Gasteiger partial charge in [-0.25, -0.2) is 0 Å². The molecule has 0 bridgehead atoms. The van der Waals surface area contributed by atoms with Crippen molar-refractivity contribution in [3.05, 3.63) is 33.9 Å². The maximum Gasteiger partial charge on any atom is 0.323 e. The molecule has 0 saturated heterocycles. The third kappa shape index (κ3) is 3.45. The number of aryl methyl sites for hydroxylation is 1. The van der Waals surface area contributed by atoms with E-state index in [9.17, 15) is 14.9 Å². The van der Waals surface area contributed by atoms with Crippen LogP contribution < -0.4 is 10.1 Å². The molecule has 0 radical (unpaired) electrons. The summed E-state index contributed by atoms with van der Waals surface area (Å²) in [6.45, 7) is 3.22. The second-order valence-corrected chi connectivity index (χ2v) is 4.66. The molecule has 0 aromatic heterocycles. The van der Waals surface area contributed by atoms with Gasteiger partial charge in [-0.2, -0.15) is 0 Å². The highest BCUT2D eigenvalue weighted by Gasteiger charge is 2.31. The predicted octanol–water partition coefficient (Wildman–Crippen LogP) is 1.73. The number of carboxylic acids is 1. The van der Waals surface area contributed by atoms with Gasteiger partial charge in [-0.15, -0.1) is 0 Å². The first-order chi connectivity index (χ1) is 9.31. The van der Waals surface area contributed by atoms with Crippen molar-refractivity contribution in [2.24, 2.45) is 0 Å². The number of carbonyl (C=O) groups is 1. The molecular formula is C13H18N2O5. The molecule has 0 heterocycles. The molecule has 0 fully saturated rings. The summed E-state index contributed by atoms with van der Waals surface area (Å²) in [6.07, 6.45) is 0.184. The van der Waals surface area contributed by atoms with Crippen molar-refractivity contribution >= 4 is 11.7 Å². The highest BCUT2D eigenvalue weighted by molar-refractivity contribution is 5.78. The molecule has 2 N–H and O–H groups in total. The number of nitrogens with one attached hydrogen (secondary N) is 1.